The Bertz CT molecular complexity index is 955. The molecule has 28 heavy (non-hydrogen) atoms. The zero-order chi connectivity index (χ0) is 19.3. The average Bonchev–Trinajstić information content (AvgIpc) is 3.10. The van der Waals surface area contributed by atoms with Crippen LogP contribution in [0.25, 0.3) is 10.2 Å². The van der Waals surface area contributed by atoms with Gasteiger partial charge in [-0.1, -0.05) is 29.0 Å². The Labute approximate surface area is 172 Å². The van der Waals surface area contributed by atoms with E-state index in [4.69, 9.17) is 21.1 Å². The van der Waals surface area contributed by atoms with Gasteiger partial charge in [-0.15, -0.1) is 0 Å². The topological polar surface area (TPSA) is 63.7 Å². The number of hydrogen-bond acceptors (Lipinski definition) is 6. The molecule has 1 aliphatic rings. The van der Waals surface area contributed by atoms with Crippen molar-refractivity contribution in [3.8, 4) is 5.75 Å². The summed E-state index contributed by atoms with van der Waals surface area (Å²) in [5.74, 6) is 0.346. The zero-order valence-electron chi connectivity index (χ0n) is 15.2. The maximum absolute atomic E-state index is 12.1. The molecule has 0 atom stereocenters. The lowest BCUT2D eigenvalue weighted by atomic mass is 10.2. The van der Waals surface area contributed by atoms with Crippen molar-refractivity contribution < 1.29 is 14.3 Å². The molecule has 1 N–H and O–H groups in total. The molecule has 1 saturated heterocycles. The quantitative estimate of drug-likeness (QED) is 0.661. The van der Waals surface area contributed by atoms with Gasteiger partial charge in [0, 0.05) is 24.7 Å². The molecule has 0 aliphatic carbocycles. The van der Waals surface area contributed by atoms with Crippen molar-refractivity contribution >= 4 is 44.2 Å². The molecule has 4 rings (SSSR count). The first kappa shape index (κ1) is 19.1. The molecule has 0 spiro atoms. The Hall–Kier alpha value is -2.19. The molecule has 146 valence electrons. The third-order valence-electron chi connectivity index (χ3n) is 4.39. The van der Waals surface area contributed by atoms with Gasteiger partial charge >= 0.3 is 0 Å². The first-order chi connectivity index (χ1) is 13.7. The number of carbonyl (C=O) groups is 1. The van der Waals surface area contributed by atoms with Gasteiger partial charge < -0.3 is 9.47 Å². The minimum atomic E-state index is -0.248. The molecule has 0 bridgehead atoms. The molecule has 1 amide bonds. The highest BCUT2D eigenvalue weighted by molar-refractivity contribution is 7.22. The number of morpholine rings is 1. The molecule has 6 nitrogen and oxygen atoms in total. The highest BCUT2D eigenvalue weighted by atomic mass is 35.5. The lowest BCUT2D eigenvalue weighted by Gasteiger charge is -2.26. The van der Waals surface area contributed by atoms with Crippen molar-refractivity contribution in [1.82, 2.24) is 9.88 Å². The van der Waals surface area contributed by atoms with Crippen molar-refractivity contribution in [3.05, 3.63) is 53.1 Å². The first-order valence-corrected chi connectivity index (χ1v) is 10.2. The molecule has 2 aromatic carbocycles. The number of carbonyl (C=O) groups excluding carboxylic acids is 1. The van der Waals surface area contributed by atoms with Crippen molar-refractivity contribution in [2.24, 2.45) is 0 Å². The second kappa shape index (κ2) is 8.87. The number of nitrogens with one attached hydrogen (secondary N) is 1. The summed E-state index contributed by atoms with van der Waals surface area (Å²) < 4.78 is 11.9. The first-order valence-electron chi connectivity index (χ1n) is 9.03. The zero-order valence-corrected chi connectivity index (χ0v) is 16.8. The van der Waals surface area contributed by atoms with E-state index < -0.39 is 0 Å². The van der Waals surface area contributed by atoms with Crippen LogP contribution in [-0.2, 0) is 16.1 Å². The third kappa shape index (κ3) is 4.99. The van der Waals surface area contributed by atoms with Crippen LogP contribution in [0.15, 0.2) is 42.5 Å². The largest absolute Gasteiger partial charge is 0.484 e. The minimum absolute atomic E-state index is 0.0835. The number of halogens is 1. The number of aromatic nitrogens is 1. The molecule has 2 heterocycles. The van der Waals surface area contributed by atoms with Crippen molar-refractivity contribution in [2.45, 2.75) is 6.54 Å². The molecule has 1 aromatic heterocycles. The Kier molecular flexibility index (Phi) is 6.07. The fourth-order valence-electron chi connectivity index (χ4n) is 2.97. The van der Waals surface area contributed by atoms with Crippen LogP contribution in [0.5, 0.6) is 5.75 Å². The third-order valence-corrected chi connectivity index (χ3v) is 5.58. The van der Waals surface area contributed by atoms with Crippen LogP contribution in [-0.4, -0.2) is 48.7 Å². The van der Waals surface area contributed by atoms with Gasteiger partial charge in [0.25, 0.3) is 5.91 Å². The maximum Gasteiger partial charge on any atom is 0.264 e. The fraction of sp³-hybridized carbons (Fsp3) is 0.300. The molecule has 3 aromatic rings. The lowest BCUT2D eigenvalue weighted by molar-refractivity contribution is -0.118. The van der Waals surface area contributed by atoms with Crippen molar-refractivity contribution in [2.75, 3.05) is 38.2 Å². The molecule has 8 heteroatoms. The van der Waals surface area contributed by atoms with E-state index in [2.05, 4.69) is 27.3 Å². The summed E-state index contributed by atoms with van der Waals surface area (Å²) in [7, 11) is 0. The average molecular weight is 418 g/mol. The van der Waals surface area contributed by atoms with E-state index >= 15 is 0 Å². The van der Waals surface area contributed by atoms with Gasteiger partial charge in [0.1, 0.15) is 5.75 Å². The van der Waals surface area contributed by atoms with Crippen LogP contribution in [0.3, 0.4) is 0 Å². The van der Waals surface area contributed by atoms with Crippen LogP contribution >= 0.6 is 22.9 Å². The summed E-state index contributed by atoms with van der Waals surface area (Å²) in [5, 5.41) is 4.00. The monoisotopic (exact) mass is 417 g/mol. The number of ether oxygens (including phenoxy) is 2. The molecular formula is C20H20ClN3O3S. The number of nitrogens with zero attached hydrogens (tertiary/aromatic N) is 2. The fourth-order valence-corrected chi connectivity index (χ4v) is 4.05. The Morgan fingerprint density at radius 1 is 1.21 bits per heavy atom. The predicted octanol–water partition coefficient (Wildman–Crippen LogP) is 3.80. The van der Waals surface area contributed by atoms with Crippen molar-refractivity contribution in [3.63, 3.8) is 0 Å². The summed E-state index contributed by atoms with van der Waals surface area (Å²) >= 11 is 7.30. The second-order valence-electron chi connectivity index (χ2n) is 6.50. The number of fused-ring (bicyclic) bond motifs is 1. The van der Waals surface area contributed by atoms with Gasteiger partial charge in [-0.2, -0.15) is 0 Å². The van der Waals surface area contributed by atoms with E-state index in [1.54, 1.807) is 24.3 Å². The number of hydrogen-bond donors (Lipinski definition) is 1. The molecule has 0 unspecified atom stereocenters. The summed E-state index contributed by atoms with van der Waals surface area (Å²) in [6.45, 7) is 4.30. The summed E-state index contributed by atoms with van der Waals surface area (Å²) in [6, 6.07) is 13.1. The summed E-state index contributed by atoms with van der Waals surface area (Å²) in [5.41, 5.74) is 2.12. The van der Waals surface area contributed by atoms with Gasteiger partial charge in [0.15, 0.2) is 11.7 Å². The Morgan fingerprint density at radius 2 is 2.00 bits per heavy atom. The highest BCUT2D eigenvalue weighted by Gasteiger charge is 2.13. The van der Waals surface area contributed by atoms with Gasteiger partial charge in [-0.05, 0) is 42.0 Å². The van der Waals surface area contributed by atoms with E-state index in [1.165, 1.54) is 16.9 Å². The second-order valence-corrected chi connectivity index (χ2v) is 7.97. The smallest absolute Gasteiger partial charge is 0.264 e. The molecule has 1 aliphatic heterocycles. The van der Waals surface area contributed by atoms with E-state index in [-0.39, 0.29) is 12.5 Å². The number of amides is 1. The summed E-state index contributed by atoms with van der Waals surface area (Å²) in [4.78, 5) is 19.0. The highest BCUT2D eigenvalue weighted by Crippen LogP contribution is 2.27. The Morgan fingerprint density at radius 3 is 2.79 bits per heavy atom. The standard InChI is InChI=1S/C20H20ClN3O3S/c21-15-2-4-16(5-3-15)27-13-19(25)23-20-22-17-6-1-14(11-18(17)28-20)12-24-7-9-26-10-8-24/h1-6,11H,7-10,12-13H2,(H,22,23,25). The van der Waals surface area contributed by atoms with Gasteiger partial charge in [-0.3, -0.25) is 15.0 Å². The number of thiazole rings is 1. The van der Waals surface area contributed by atoms with Crippen LogP contribution < -0.4 is 10.1 Å². The maximum atomic E-state index is 12.1. The molecular weight excluding hydrogens is 398 g/mol. The van der Waals surface area contributed by atoms with Gasteiger partial charge in [-0.25, -0.2) is 4.98 Å². The molecule has 0 saturated carbocycles. The predicted molar refractivity (Wildman–Crippen MR) is 111 cm³/mol. The van der Waals surface area contributed by atoms with Gasteiger partial charge in [0.2, 0.25) is 0 Å². The van der Waals surface area contributed by atoms with E-state index in [1.807, 2.05) is 6.07 Å². The van der Waals surface area contributed by atoms with Gasteiger partial charge in [0.05, 0.1) is 23.4 Å². The number of benzene rings is 2. The van der Waals surface area contributed by atoms with Crippen LogP contribution in [0.4, 0.5) is 5.13 Å². The number of anilines is 1. The van der Waals surface area contributed by atoms with Crippen LogP contribution in [0, 0.1) is 0 Å². The minimum Gasteiger partial charge on any atom is -0.484 e. The Balaban J connectivity index is 1.35. The molecule has 1 fully saturated rings. The van der Waals surface area contributed by atoms with Crippen molar-refractivity contribution in [1.29, 1.82) is 0 Å². The van der Waals surface area contributed by atoms with E-state index in [9.17, 15) is 4.79 Å². The SMILES string of the molecule is O=C(COc1ccc(Cl)cc1)Nc1nc2ccc(CN3CCOCC3)cc2s1. The number of rotatable bonds is 6. The van der Waals surface area contributed by atoms with Crippen LogP contribution in [0.1, 0.15) is 5.56 Å². The lowest BCUT2D eigenvalue weighted by Crippen LogP contribution is -2.35. The normalized spacial score (nSPS) is 14.9. The molecule has 0 radical (unpaired) electrons. The van der Waals surface area contributed by atoms with E-state index in [0.717, 1.165) is 43.1 Å². The van der Waals surface area contributed by atoms with E-state index in [0.29, 0.717) is 15.9 Å². The summed E-state index contributed by atoms with van der Waals surface area (Å²) in [6.07, 6.45) is 0. The van der Waals surface area contributed by atoms with Crippen LogP contribution in [0.2, 0.25) is 5.02 Å².